The van der Waals surface area contributed by atoms with E-state index >= 15 is 0 Å². The van der Waals surface area contributed by atoms with Gasteiger partial charge in [0.2, 0.25) is 0 Å². The molecule has 0 saturated heterocycles. The summed E-state index contributed by atoms with van der Waals surface area (Å²) < 4.78 is 11.1. The molecule has 2 N–H and O–H groups in total. The highest BCUT2D eigenvalue weighted by atomic mass is 16.5. The second kappa shape index (κ2) is 7.61. The maximum Gasteiger partial charge on any atom is 0.251 e. The summed E-state index contributed by atoms with van der Waals surface area (Å²) in [7, 11) is 1.46. The van der Waals surface area contributed by atoms with Crippen molar-refractivity contribution >= 4 is 12.0 Å². The molecule has 0 spiro atoms. The molecule has 2 aromatic rings. The average molecular weight is 311 g/mol. The minimum Gasteiger partial charge on any atom is -0.489 e. The molecule has 0 radical (unpaired) electrons. The Hall–Kier alpha value is -2.59. The van der Waals surface area contributed by atoms with Gasteiger partial charge in [0.15, 0.2) is 6.10 Å². The Morgan fingerprint density at radius 1 is 1.30 bits per heavy atom. The van der Waals surface area contributed by atoms with Crippen molar-refractivity contribution in [2.75, 3.05) is 7.11 Å². The van der Waals surface area contributed by atoms with Gasteiger partial charge in [0.1, 0.15) is 12.4 Å². The second-order valence-corrected chi connectivity index (χ2v) is 5.23. The molecule has 0 aromatic heterocycles. The molecule has 4 heteroatoms. The molecule has 2 aromatic carbocycles. The van der Waals surface area contributed by atoms with Crippen molar-refractivity contribution in [3.8, 4) is 5.75 Å². The van der Waals surface area contributed by atoms with E-state index < -0.39 is 12.0 Å². The summed E-state index contributed by atoms with van der Waals surface area (Å²) >= 11 is 0. The summed E-state index contributed by atoms with van der Waals surface area (Å²) in [4.78, 5) is 11.5. The highest BCUT2D eigenvalue weighted by Gasteiger charge is 2.20. The van der Waals surface area contributed by atoms with E-state index in [1.54, 1.807) is 6.08 Å². The van der Waals surface area contributed by atoms with E-state index in [0.29, 0.717) is 6.61 Å². The van der Waals surface area contributed by atoms with E-state index in [4.69, 9.17) is 15.2 Å². The van der Waals surface area contributed by atoms with Crippen LogP contribution in [0.25, 0.3) is 6.08 Å². The minimum atomic E-state index is -0.782. The van der Waals surface area contributed by atoms with Gasteiger partial charge in [-0.25, -0.2) is 0 Å². The summed E-state index contributed by atoms with van der Waals surface area (Å²) in [5, 5.41) is 0. The predicted octanol–water partition coefficient (Wildman–Crippen LogP) is 3.39. The van der Waals surface area contributed by atoms with Gasteiger partial charge in [-0.2, -0.15) is 0 Å². The fourth-order valence-electron chi connectivity index (χ4n) is 2.37. The number of aryl methyl sites for hydroxylation is 1. The van der Waals surface area contributed by atoms with E-state index in [9.17, 15) is 4.79 Å². The number of ether oxygens (including phenoxy) is 2. The maximum absolute atomic E-state index is 11.5. The smallest absolute Gasteiger partial charge is 0.251 e. The normalized spacial score (nSPS) is 11.7. The number of hydrogen-bond acceptors (Lipinski definition) is 3. The van der Waals surface area contributed by atoms with Crippen LogP contribution in [-0.2, 0) is 16.1 Å². The highest BCUT2D eigenvalue weighted by molar-refractivity contribution is 5.80. The molecule has 0 aliphatic heterocycles. The second-order valence-electron chi connectivity index (χ2n) is 5.23. The molecular weight excluding hydrogens is 290 g/mol. The lowest BCUT2D eigenvalue weighted by molar-refractivity contribution is -0.128. The van der Waals surface area contributed by atoms with Crippen molar-refractivity contribution in [1.82, 2.24) is 0 Å². The first kappa shape index (κ1) is 16.8. The van der Waals surface area contributed by atoms with Gasteiger partial charge < -0.3 is 15.2 Å². The number of nitrogens with two attached hydrogens (primary N) is 1. The quantitative estimate of drug-likeness (QED) is 0.852. The van der Waals surface area contributed by atoms with Crippen molar-refractivity contribution in [2.24, 2.45) is 5.73 Å². The largest absolute Gasteiger partial charge is 0.489 e. The zero-order chi connectivity index (χ0) is 16.8. The van der Waals surface area contributed by atoms with Crippen LogP contribution in [0.1, 0.15) is 28.4 Å². The number of primary amides is 1. The van der Waals surface area contributed by atoms with Crippen LogP contribution < -0.4 is 10.5 Å². The Morgan fingerprint density at radius 2 is 2.04 bits per heavy atom. The summed E-state index contributed by atoms with van der Waals surface area (Å²) in [6, 6.07) is 13.4. The summed E-state index contributed by atoms with van der Waals surface area (Å²) in [5.41, 5.74) is 9.01. The van der Waals surface area contributed by atoms with Gasteiger partial charge in [-0.1, -0.05) is 49.1 Å². The zero-order valence-corrected chi connectivity index (χ0v) is 13.4. The Balaban J connectivity index is 2.24. The Labute approximate surface area is 136 Å². The van der Waals surface area contributed by atoms with Crippen molar-refractivity contribution in [3.05, 3.63) is 71.3 Å². The fraction of sp³-hybridized carbons (Fsp3) is 0.211. The number of benzene rings is 2. The number of rotatable bonds is 7. The SMILES string of the molecule is C=Cc1ccc(C)c(OCc2ccccc2C(OC)C(N)=O)c1. The Morgan fingerprint density at radius 3 is 2.70 bits per heavy atom. The lowest BCUT2D eigenvalue weighted by Crippen LogP contribution is -2.24. The molecule has 0 fully saturated rings. The molecule has 23 heavy (non-hydrogen) atoms. The monoisotopic (exact) mass is 311 g/mol. The number of carbonyl (C=O) groups is 1. The molecule has 1 atom stereocenters. The molecule has 0 aliphatic rings. The number of amides is 1. The van der Waals surface area contributed by atoms with Crippen molar-refractivity contribution in [1.29, 1.82) is 0 Å². The number of carbonyl (C=O) groups excluding carboxylic acids is 1. The molecule has 120 valence electrons. The predicted molar refractivity (Wildman–Crippen MR) is 91.0 cm³/mol. The molecule has 0 bridgehead atoms. The topological polar surface area (TPSA) is 61.6 Å². The Kier molecular flexibility index (Phi) is 5.55. The van der Waals surface area contributed by atoms with Crippen molar-refractivity contribution in [2.45, 2.75) is 19.6 Å². The van der Waals surface area contributed by atoms with Gasteiger partial charge in [0, 0.05) is 7.11 Å². The fourth-order valence-corrected chi connectivity index (χ4v) is 2.37. The van der Waals surface area contributed by atoms with Gasteiger partial charge in [0.05, 0.1) is 0 Å². The van der Waals surface area contributed by atoms with E-state index in [2.05, 4.69) is 6.58 Å². The molecule has 2 rings (SSSR count). The van der Waals surface area contributed by atoms with Crippen LogP contribution in [0.2, 0.25) is 0 Å². The molecule has 4 nitrogen and oxygen atoms in total. The maximum atomic E-state index is 11.5. The van der Waals surface area contributed by atoms with Gasteiger partial charge >= 0.3 is 0 Å². The van der Waals surface area contributed by atoms with Crippen LogP contribution in [0.4, 0.5) is 0 Å². The third-order valence-electron chi connectivity index (χ3n) is 3.66. The molecule has 0 saturated carbocycles. The van der Waals surface area contributed by atoms with Gasteiger partial charge in [0.25, 0.3) is 5.91 Å². The molecule has 0 heterocycles. The third kappa shape index (κ3) is 3.99. The van der Waals surface area contributed by atoms with E-state index in [0.717, 1.165) is 28.0 Å². The highest BCUT2D eigenvalue weighted by Crippen LogP contribution is 2.25. The van der Waals surface area contributed by atoms with Crippen LogP contribution in [0.5, 0.6) is 5.75 Å². The van der Waals surface area contributed by atoms with E-state index in [1.165, 1.54) is 7.11 Å². The third-order valence-corrected chi connectivity index (χ3v) is 3.66. The molecular formula is C19H21NO3. The van der Waals surface area contributed by atoms with E-state index in [1.807, 2.05) is 49.4 Å². The first-order valence-electron chi connectivity index (χ1n) is 7.32. The van der Waals surface area contributed by atoms with Gasteiger partial charge in [-0.15, -0.1) is 0 Å². The van der Waals surface area contributed by atoms with Crippen molar-refractivity contribution in [3.63, 3.8) is 0 Å². The van der Waals surface area contributed by atoms with Crippen LogP contribution in [0.3, 0.4) is 0 Å². The average Bonchev–Trinajstić information content (AvgIpc) is 2.55. The van der Waals surface area contributed by atoms with Crippen LogP contribution in [0, 0.1) is 6.92 Å². The first-order chi connectivity index (χ1) is 11.1. The lowest BCUT2D eigenvalue weighted by atomic mass is 10.0. The van der Waals surface area contributed by atoms with Crippen molar-refractivity contribution < 1.29 is 14.3 Å². The first-order valence-corrected chi connectivity index (χ1v) is 7.32. The Bertz CT molecular complexity index is 710. The summed E-state index contributed by atoms with van der Waals surface area (Å²) in [5.74, 6) is 0.259. The summed E-state index contributed by atoms with van der Waals surface area (Å²) in [6.45, 7) is 6.07. The van der Waals surface area contributed by atoms with Gasteiger partial charge in [-0.05, 0) is 35.2 Å². The number of hydrogen-bond donors (Lipinski definition) is 1. The van der Waals surface area contributed by atoms with Gasteiger partial charge in [-0.3, -0.25) is 4.79 Å². The number of methoxy groups -OCH3 is 1. The zero-order valence-electron chi connectivity index (χ0n) is 13.4. The summed E-state index contributed by atoms with van der Waals surface area (Å²) in [6.07, 6.45) is 0.990. The minimum absolute atomic E-state index is 0.324. The lowest BCUT2D eigenvalue weighted by Gasteiger charge is -2.17. The molecule has 1 unspecified atom stereocenters. The van der Waals surface area contributed by atoms with Crippen LogP contribution in [-0.4, -0.2) is 13.0 Å². The molecule has 0 aliphatic carbocycles. The standard InChI is InChI=1S/C19H21NO3/c1-4-14-10-9-13(2)17(11-14)23-12-15-7-5-6-8-16(15)18(22-3)19(20)21/h4-11,18H,1,12H2,2-3H3,(H2,20,21). The van der Waals surface area contributed by atoms with Crippen LogP contribution in [0.15, 0.2) is 49.0 Å². The van der Waals surface area contributed by atoms with Crippen LogP contribution >= 0.6 is 0 Å². The molecule has 1 amide bonds. The van der Waals surface area contributed by atoms with E-state index in [-0.39, 0.29) is 0 Å².